The zero-order valence-corrected chi connectivity index (χ0v) is 12.2. The molecule has 0 saturated heterocycles. The Labute approximate surface area is 124 Å². The van der Waals surface area contributed by atoms with Crippen LogP contribution < -0.4 is 5.32 Å². The lowest BCUT2D eigenvalue weighted by Crippen LogP contribution is -2.39. The van der Waals surface area contributed by atoms with Crippen molar-refractivity contribution < 1.29 is 5.11 Å². The number of tetrazole rings is 1. The lowest BCUT2D eigenvalue weighted by Gasteiger charge is -2.25. The highest BCUT2D eigenvalue weighted by Crippen LogP contribution is 2.29. The van der Waals surface area contributed by atoms with E-state index in [-0.39, 0.29) is 6.04 Å². The number of hydrogen-bond acceptors (Lipinski definition) is 5. The lowest BCUT2D eigenvalue weighted by molar-refractivity contribution is 0.0453. The van der Waals surface area contributed by atoms with Crippen LogP contribution >= 0.6 is 0 Å². The van der Waals surface area contributed by atoms with Crippen LogP contribution in [0.2, 0.25) is 0 Å². The summed E-state index contributed by atoms with van der Waals surface area (Å²) in [7, 11) is 0. The second-order valence-corrected chi connectivity index (χ2v) is 5.88. The van der Waals surface area contributed by atoms with Crippen LogP contribution in [0.4, 0.5) is 0 Å². The van der Waals surface area contributed by atoms with E-state index in [0.717, 1.165) is 36.9 Å². The van der Waals surface area contributed by atoms with E-state index in [1.54, 1.807) is 11.0 Å². The van der Waals surface area contributed by atoms with Crippen molar-refractivity contribution in [1.29, 1.82) is 0 Å². The molecule has 1 unspecified atom stereocenters. The highest BCUT2D eigenvalue weighted by molar-refractivity contribution is 5.35. The molecule has 0 amide bonds. The average molecular weight is 287 g/mol. The van der Waals surface area contributed by atoms with Gasteiger partial charge in [-0.15, -0.1) is 5.10 Å². The summed E-state index contributed by atoms with van der Waals surface area (Å²) in [5, 5.41) is 25.1. The fourth-order valence-electron chi connectivity index (χ4n) is 2.89. The number of aliphatic hydroxyl groups is 1. The van der Waals surface area contributed by atoms with Crippen LogP contribution in [0, 0.1) is 0 Å². The highest BCUT2D eigenvalue weighted by Gasteiger charge is 2.31. The maximum atomic E-state index is 10.4. The van der Waals surface area contributed by atoms with Crippen molar-refractivity contribution in [1.82, 2.24) is 25.5 Å². The molecule has 1 heterocycles. The summed E-state index contributed by atoms with van der Waals surface area (Å²) in [6, 6.07) is 8.27. The van der Waals surface area contributed by atoms with Crippen LogP contribution in [0.25, 0.3) is 5.69 Å². The molecule has 21 heavy (non-hydrogen) atoms. The van der Waals surface area contributed by atoms with Crippen molar-refractivity contribution >= 4 is 0 Å². The minimum Gasteiger partial charge on any atom is -0.389 e. The summed E-state index contributed by atoms with van der Waals surface area (Å²) in [5.74, 6) is 0. The molecule has 3 rings (SSSR count). The van der Waals surface area contributed by atoms with Crippen LogP contribution in [-0.2, 0) is 0 Å². The molecule has 0 radical (unpaired) electrons. The predicted molar refractivity (Wildman–Crippen MR) is 79.0 cm³/mol. The Kier molecular flexibility index (Phi) is 3.98. The molecule has 6 nitrogen and oxygen atoms in total. The van der Waals surface area contributed by atoms with E-state index in [1.807, 2.05) is 12.1 Å². The number of aromatic nitrogens is 4. The van der Waals surface area contributed by atoms with Gasteiger partial charge in [-0.25, -0.2) is 4.68 Å². The number of nitrogens with zero attached hydrogens (tertiary/aromatic N) is 4. The largest absolute Gasteiger partial charge is 0.389 e. The van der Waals surface area contributed by atoms with Gasteiger partial charge >= 0.3 is 0 Å². The first-order valence-corrected chi connectivity index (χ1v) is 7.45. The molecule has 0 spiro atoms. The first-order valence-electron chi connectivity index (χ1n) is 7.45. The van der Waals surface area contributed by atoms with Gasteiger partial charge in [0.05, 0.1) is 11.3 Å². The molecule has 1 atom stereocenters. The van der Waals surface area contributed by atoms with Crippen molar-refractivity contribution in [3.8, 4) is 5.69 Å². The number of nitrogens with one attached hydrogen (secondary N) is 1. The SMILES string of the molecule is CC(NCC1(O)CCCC1)c1cccc(-n2cnnn2)c1. The molecule has 112 valence electrons. The second kappa shape index (κ2) is 5.91. The normalized spacial score (nSPS) is 18.8. The first-order chi connectivity index (χ1) is 10.2. The molecule has 1 aromatic carbocycles. The molecule has 1 fully saturated rings. The minimum atomic E-state index is -0.526. The second-order valence-electron chi connectivity index (χ2n) is 5.88. The van der Waals surface area contributed by atoms with Gasteiger partial charge in [0.2, 0.25) is 0 Å². The third-order valence-electron chi connectivity index (χ3n) is 4.26. The van der Waals surface area contributed by atoms with E-state index in [0.29, 0.717) is 6.54 Å². The maximum Gasteiger partial charge on any atom is 0.143 e. The Morgan fingerprint density at radius 3 is 2.90 bits per heavy atom. The van der Waals surface area contributed by atoms with Crippen molar-refractivity contribution in [2.45, 2.75) is 44.2 Å². The van der Waals surface area contributed by atoms with Crippen molar-refractivity contribution in [3.63, 3.8) is 0 Å². The number of rotatable bonds is 5. The van der Waals surface area contributed by atoms with Crippen molar-refractivity contribution in [2.24, 2.45) is 0 Å². The highest BCUT2D eigenvalue weighted by atomic mass is 16.3. The summed E-state index contributed by atoms with van der Waals surface area (Å²) in [4.78, 5) is 0. The van der Waals surface area contributed by atoms with Gasteiger partial charge in [0.1, 0.15) is 6.33 Å². The van der Waals surface area contributed by atoms with Gasteiger partial charge in [-0.3, -0.25) is 0 Å². The number of hydrogen-bond donors (Lipinski definition) is 2. The van der Waals surface area contributed by atoms with E-state index < -0.39 is 5.60 Å². The summed E-state index contributed by atoms with van der Waals surface area (Å²) >= 11 is 0. The van der Waals surface area contributed by atoms with Crippen LogP contribution in [0.5, 0.6) is 0 Å². The molecular weight excluding hydrogens is 266 g/mol. The molecule has 1 saturated carbocycles. The van der Waals surface area contributed by atoms with Gasteiger partial charge in [0, 0.05) is 12.6 Å². The van der Waals surface area contributed by atoms with Crippen LogP contribution in [-0.4, -0.2) is 37.5 Å². The molecular formula is C15H21N5O. The quantitative estimate of drug-likeness (QED) is 0.874. The summed E-state index contributed by atoms with van der Waals surface area (Å²) in [6.45, 7) is 2.75. The van der Waals surface area contributed by atoms with Crippen LogP contribution in [0.3, 0.4) is 0 Å². The molecule has 1 aliphatic carbocycles. The monoisotopic (exact) mass is 287 g/mol. The maximum absolute atomic E-state index is 10.4. The zero-order valence-electron chi connectivity index (χ0n) is 12.2. The van der Waals surface area contributed by atoms with Crippen molar-refractivity contribution in [2.75, 3.05) is 6.54 Å². The summed E-state index contributed by atoms with van der Waals surface area (Å²) in [6.07, 6.45) is 5.63. The van der Waals surface area contributed by atoms with E-state index in [2.05, 4.69) is 39.9 Å². The smallest absolute Gasteiger partial charge is 0.143 e. The standard InChI is InChI=1S/C15H21N5O/c1-12(16-10-15(21)7-2-3-8-15)13-5-4-6-14(9-13)20-11-17-18-19-20/h4-6,9,11-12,16,21H,2-3,7-8,10H2,1H3. The Bertz CT molecular complexity index is 578. The topological polar surface area (TPSA) is 75.9 Å². The summed E-state index contributed by atoms with van der Waals surface area (Å²) < 4.78 is 1.64. The van der Waals surface area contributed by atoms with E-state index in [1.165, 1.54) is 0 Å². The fourth-order valence-corrected chi connectivity index (χ4v) is 2.89. The van der Waals surface area contributed by atoms with Gasteiger partial charge < -0.3 is 10.4 Å². The lowest BCUT2D eigenvalue weighted by atomic mass is 10.0. The molecule has 0 bridgehead atoms. The summed E-state index contributed by atoms with van der Waals surface area (Å²) in [5.41, 5.74) is 1.57. The first kappa shape index (κ1) is 14.2. The Morgan fingerprint density at radius 1 is 1.38 bits per heavy atom. The van der Waals surface area contributed by atoms with Crippen molar-refractivity contribution in [3.05, 3.63) is 36.2 Å². The molecule has 0 aliphatic heterocycles. The Morgan fingerprint density at radius 2 is 2.19 bits per heavy atom. The van der Waals surface area contributed by atoms with Gasteiger partial charge in [-0.05, 0) is 47.9 Å². The molecule has 2 N–H and O–H groups in total. The minimum absolute atomic E-state index is 0.172. The molecule has 1 aliphatic rings. The average Bonchev–Trinajstić information content (AvgIpc) is 3.17. The third kappa shape index (κ3) is 3.28. The van der Waals surface area contributed by atoms with Gasteiger partial charge in [-0.2, -0.15) is 0 Å². The van der Waals surface area contributed by atoms with E-state index in [4.69, 9.17) is 0 Å². The predicted octanol–water partition coefficient (Wildman–Crippen LogP) is 1.62. The Hall–Kier alpha value is -1.79. The molecule has 2 aromatic rings. The van der Waals surface area contributed by atoms with E-state index in [9.17, 15) is 5.11 Å². The van der Waals surface area contributed by atoms with Gasteiger partial charge in [0.15, 0.2) is 0 Å². The van der Waals surface area contributed by atoms with Crippen LogP contribution in [0.1, 0.15) is 44.2 Å². The zero-order chi connectivity index (χ0) is 14.7. The van der Waals surface area contributed by atoms with E-state index >= 15 is 0 Å². The van der Waals surface area contributed by atoms with Gasteiger partial charge in [0.25, 0.3) is 0 Å². The number of benzene rings is 1. The Balaban J connectivity index is 1.67. The fraction of sp³-hybridized carbons (Fsp3) is 0.533. The molecule has 6 heteroatoms. The third-order valence-corrected chi connectivity index (χ3v) is 4.26. The van der Waals surface area contributed by atoms with Gasteiger partial charge in [-0.1, -0.05) is 25.0 Å². The van der Waals surface area contributed by atoms with Crippen LogP contribution in [0.15, 0.2) is 30.6 Å². The molecule has 1 aromatic heterocycles.